The second kappa shape index (κ2) is 24.0. The number of unbranched alkanes of at least 4 members (excludes halogenated alkanes) is 1. The van der Waals surface area contributed by atoms with Crippen molar-refractivity contribution in [3.8, 4) is 0 Å². The molecule has 0 saturated heterocycles. The Morgan fingerprint density at radius 3 is 2.17 bits per heavy atom. The number of fused-ring (bicyclic) bond motifs is 5. The van der Waals surface area contributed by atoms with Crippen molar-refractivity contribution < 1.29 is 65.2 Å². The number of alkyl halides is 6. The Balaban J connectivity index is 0.000000671. The molecule has 366 valence electrons. The second-order valence-corrected chi connectivity index (χ2v) is 18.9. The van der Waals surface area contributed by atoms with E-state index in [0.717, 1.165) is 67.6 Å². The van der Waals surface area contributed by atoms with E-state index in [9.17, 15) is 35.9 Å². The molecule has 1 heterocycles. The van der Waals surface area contributed by atoms with Gasteiger partial charge in [0, 0.05) is 19.5 Å². The van der Waals surface area contributed by atoms with Gasteiger partial charge < -0.3 is 36.5 Å². The van der Waals surface area contributed by atoms with Crippen molar-refractivity contribution in [1.82, 2.24) is 20.3 Å². The average molecular weight is 925 g/mol. The van der Waals surface area contributed by atoms with Crippen molar-refractivity contribution in [3.63, 3.8) is 0 Å². The minimum atomic E-state index is -5.08. The van der Waals surface area contributed by atoms with Crippen molar-refractivity contribution in [2.24, 2.45) is 57.8 Å². The molecule has 0 bridgehead atoms. The molecular formula is C44H70F6N6O8. The van der Waals surface area contributed by atoms with Crippen molar-refractivity contribution in [1.29, 1.82) is 0 Å². The molecule has 1 amide bonds. The van der Waals surface area contributed by atoms with Crippen LogP contribution in [-0.2, 0) is 37.0 Å². The summed E-state index contributed by atoms with van der Waals surface area (Å²) in [6.07, 6.45) is 10.0. The van der Waals surface area contributed by atoms with E-state index in [2.05, 4.69) is 56.3 Å². The van der Waals surface area contributed by atoms with E-state index >= 15 is 0 Å². The molecule has 1 aromatic heterocycles. The number of ether oxygens (including phenoxy) is 2. The van der Waals surface area contributed by atoms with Gasteiger partial charge in [0.15, 0.2) is 0 Å². The van der Waals surface area contributed by atoms with Gasteiger partial charge in [-0.3, -0.25) is 9.48 Å². The molecule has 0 spiro atoms. The number of nitrogens with one attached hydrogen (secondary N) is 1. The number of nitrogens with zero attached hydrogens (tertiary/aromatic N) is 3. The first-order valence-corrected chi connectivity index (χ1v) is 22.6. The van der Waals surface area contributed by atoms with Crippen LogP contribution in [0.15, 0.2) is 17.8 Å². The van der Waals surface area contributed by atoms with Gasteiger partial charge in [-0.05, 0) is 117 Å². The molecule has 20 heteroatoms. The molecule has 14 nitrogen and oxygen atoms in total. The molecule has 9 atom stereocenters. The van der Waals surface area contributed by atoms with Crippen LogP contribution in [-0.4, -0.2) is 86.8 Å². The number of carboxylic acid groups (broad SMARTS) is 2. The van der Waals surface area contributed by atoms with Crippen LogP contribution in [0, 0.1) is 46.3 Å². The fourth-order valence-corrected chi connectivity index (χ4v) is 10.8. The normalized spacial score (nSPS) is 27.2. The number of hydrogen-bond acceptors (Lipinski definition) is 10. The van der Waals surface area contributed by atoms with Crippen LogP contribution >= 0.6 is 0 Å². The van der Waals surface area contributed by atoms with E-state index in [0.29, 0.717) is 43.6 Å². The summed E-state index contributed by atoms with van der Waals surface area (Å²) < 4.78 is 76.5. The molecule has 3 fully saturated rings. The maximum absolute atomic E-state index is 12.7. The fraction of sp³-hybridized carbons (Fsp3) is 0.818. The van der Waals surface area contributed by atoms with Crippen molar-refractivity contribution in [2.75, 3.05) is 13.1 Å². The van der Waals surface area contributed by atoms with Gasteiger partial charge in [0.25, 0.3) is 0 Å². The first kappa shape index (κ1) is 54.4. The Hall–Kier alpha value is -3.94. The Morgan fingerprint density at radius 1 is 0.906 bits per heavy atom. The Bertz CT molecular complexity index is 1680. The Labute approximate surface area is 372 Å². The maximum Gasteiger partial charge on any atom is 0.508 e. The maximum atomic E-state index is 12.7. The minimum Gasteiger partial charge on any atom is -0.475 e. The van der Waals surface area contributed by atoms with Gasteiger partial charge in [-0.15, -0.1) is 5.10 Å². The first-order valence-electron chi connectivity index (χ1n) is 22.6. The average Bonchev–Trinajstić information content (AvgIpc) is 3.82. The summed E-state index contributed by atoms with van der Waals surface area (Å²) in [6.45, 7) is 14.1. The minimum absolute atomic E-state index is 0.0155. The summed E-state index contributed by atoms with van der Waals surface area (Å²) in [5, 5.41) is 25.4. The summed E-state index contributed by atoms with van der Waals surface area (Å²) in [5.41, 5.74) is 14.2. The SMILES string of the molecule is CC(C)CCC[C@@H](C)[C@H]1CC[C@H]2[C@@H]3CC=C4C[C@@H](OC(=O)OCc5cn(CCCNC(=O)[C@@H](N)CCCCN)nn5)CC[C@]4(C)[C@H]3CC[C@]12C.O=C(O)C(F)(F)F.O=C(O)C(F)(F)F. The molecule has 4 aliphatic rings. The van der Waals surface area contributed by atoms with E-state index in [1.807, 2.05) is 0 Å². The summed E-state index contributed by atoms with van der Waals surface area (Å²) in [4.78, 5) is 42.7. The van der Waals surface area contributed by atoms with Crippen LogP contribution in [0.1, 0.15) is 137 Å². The van der Waals surface area contributed by atoms with Crippen molar-refractivity contribution >= 4 is 24.0 Å². The topological polar surface area (TPSA) is 222 Å². The molecule has 64 heavy (non-hydrogen) atoms. The summed E-state index contributed by atoms with van der Waals surface area (Å²) in [5.74, 6) is -0.766. The zero-order valence-electron chi connectivity index (χ0n) is 37.8. The number of carboxylic acids is 2. The number of nitrogens with two attached hydrogens (primary N) is 2. The number of hydrogen-bond donors (Lipinski definition) is 5. The predicted octanol–water partition coefficient (Wildman–Crippen LogP) is 8.57. The Kier molecular flexibility index (Phi) is 20.4. The number of aryl methyl sites for hydroxylation is 1. The smallest absolute Gasteiger partial charge is 0.475 e. The lowest BCUT2D eigenvalue weighted by Gasteiger charge is -2.58. The molecule has 0 aliphatic heterocycles. The molecule has 4 aliphatic carbocycles. The first-order chi connectivity index (χ1) is 29.8. The predicted molar refractivity (Wildman–Crippen MR) is 224 cm³/mol. The number of carbonyl (C=O) groups excluding carboxylic acids is 2. The lowest BCUT2D eigenvalue weighted by Crippen LogP contribution is -2.51. The fourth-order valence-electron chi connectivity index (χ4n) is 10.8. The van der Waals surface area contributed by atoms with Gasteiger partial charge in [-0.25, -0.2) is 14.4 Å². The quantitative estimate of drug-likeness (QED) is 0.0429. The highest BCUT2D eigenvalue weighted by molar-refractivity contribution is 5.81. The number of aliphatic carboxylic acids is 2. The molecule has 7 N–H and O–H groups in total. The monoisotopic (exact) mass is 925 g/mol. The second-order valence-electron chi connectivity index (χ2n) is 18.9. The third kappa shape index (κ3) is 15.6. The highest BCUT2D eigenvalue weighted by Crippen LogP contribution is 2.67. The highest BCUT2D eigenvalue weighted by atomic mass is 19.4. The zero-order valence-corrected chi connectivity index (χ0v) is 37.8. The molecule has 3 saturated carbocycles. The molecule has 1 aromatic rings. The van der Waals surface area contributed by atoms with Crippen LogP contribution in [0.2, 0.25) is 0 Å². The third-order valence-corrected chi connectivity index (χ3v) is 14.1. The lowest BCUT2D eigenvalue weighted by molar-refractivity contribution is -0.193. The van der Waals surface area contributed by atoms with Gasteiger partial charge >= 0.3 is 30.4 Å². The van der Waals surface area contributed by atoms with Crippen molar-refractivity contribution in [3.05, 3.63) is 23.5 Å². The van der Waals surface area contributed by atoms with Gasteiger partial charge in [0.2, 0.25) is 5.91 Å². The number of aromatic nitrogens is 3. The molecule has 0 radical (unpaired) electrons. The number of amides is 1. The van der Waals surface area contributed by atoms with Crippen LogP contribution < -0.4 is 16.8 Å². The molecule has 0 aromatic carbocycles. The van der Waals surface area contributed by atoms with Crippen LogP contribution in [0.4, 0.5) is 31.1 Å². The molecule has 0 unspecified atom stereocenters. The largest absolute Gasteiger partial charge is 0.508 e. The van der Waals surface area contributed by atoms with E-state index in [4.69, 9.17) is 40.7 Å². The number of rotatable bonds is 17. The zero-order chi connectivity index (χ0) is 48.0. The van der Waals surface area contributed by atoms with Crippen LogP contribution in [0.25, 0.3) is 0 Å². The van der Waals surface area contributed by atoms with Gasteiger partial charge in [0.1, 0.15) is 18.4 Å². The standard InChI is InChI=1S/C40H68N6O4.2C2HF3O2/c1-27(2)10-8-11-28(3)33-15-16-34-32-14-13-29-24-31(17-19-39(29,4)35(32)18-20-40(33,34)5)50-38(48)49-26-30-25-46(45-44-30)23-9-22-43-37(47)36(42)12-6-7-21-41;2*3-2(4,5)1(6)7/h13,25,27-28,31-36H,6-12,14-24,26,41-42H2,1-5H3,(H,43,47);2*(H,6,7)/t28-,31+,32+,33-,34+,35+,36+,39+,40-;;/m1../s1. The van der Waals surface area contributed by atoms with Gasteiger partial charge in [-0.1, -0.05) is 77.2 Å². The van der Waals surface area contributed by atoms with E-state index in [1.165, 1.54) is 56.9 Å². The number of halogens is 6. The summed E-state index contributed by atoms with van der Waals surface area (Å²) in [7, 11) is 0. The van der Waals surface area contributed by atoms with Gasteiger partial charge in [-0.2, -0.15) is 26.3 Å². The van der Waals surface area contributed by atoms with Crippen molar-refractivity contribution in [2.45, 2.75) is 169 Å². The summed E-state index contributed by atoms with van der Waals surface area (Å²) >= 11 is 0. The van der Waals surface area contributed by atoms with E-state index in [1.54, 1.807) is 10.9 Å². The highest BCUT2D eigenvalue weighted by Gasteiger charge is 2.59. The lowest BCUT2D eigenvalue weighted by atomic mass is 9.47. The van der Waals surface area contributed by atoms with Gasteiger partial charge in [0.05, 0.1) is 12.2 Å². The number of allylic oxidation sites excluding steroid dienone is 1. The summed E-state index contributed by atoms with van der Waals surface area (Å²) in [6, 6.07) is -0.506. The van der Waals surface area contributed by atoms with Crippen LogP contribution in [0.5, 0.6) is 0 Å². The third-order valence-electron chi connectivity index (χ3n) is 14.1. The number of carbonyl (C=O) groups is 4. The molecule has 5 rings (SSSR count). The van der Waals surface area contributed by atoms with Crippen LogP contribution in [0.3, 0.4) is 0 Å². The van der Waals surface area contributed by atoms with E-state index < -0.39 is 36.5 Å². The van der Waals surface area contributed by atoms with E-state index in [-0.39, 0.29) is 24.0 Å². The molecular weight excluding hydrogens is 855 g/mol. The Morgan fingerprint density at radius 2 is 1.56 bits per heavy atom.